The zero-order chi connectivity index (χ0) is 20.9. The van der Waals surface area contributed by atoms with Crippen molar-refractivity contribution >= 4 is 18.7 Å². The van der Waals surface area contributed by atoms with Crippen LogP contribution in [0, 0.1) is 22.7 Å². The average Bonchev–Trinajstić information content (AvgIpc) is 2.63. The number of rotatable bonds is 8. The predicted octanol–water partition coefficient (Wildman–Crippen LogP) is 2.99. The zero-order valence-electron chi connectivity index (χ0n) is 17.3. The summed E-state index contributed by atoms with van der Waals surface area (Å²) in [6.07, 6.45) is 7.43. The number of fused-ring (bicyclic) bond motifs is 1. The van der Waals surface area contributed by atoms with Gasteiger partial charge in [-0.25, -0.2) is 4.79 Å². The molecule has 0 unspecified atom stereocenters. The Labute approximate surface area is 167 Å². The van der Waals surface area contributed by atoms with Gasteiger partial charge in [-0.1, -0.05) is 27.2 Å². The Hall–Kier alpha value is -1.95. The summed E-state index contributed by atoms with van der Waals surface area (Å²) in [4.78, 5) is 34.0. The number of allylic oxidation sites excluding steroid dienone is 1. The lowest BCUT2D eigenvalue weighted by molar-refractivity contribution is -0.135. The van der Waals surface area contributed by atoms with Crippen LogP contribution in [0.1, 0.15) is 52.9 Å². The largest absolute Gasteiger partial charge is 0.466 e. The maximum atomic E-state index is 11.8. The fourth-order valence-corrected chi connectivity index (χ4v) is 5.66. The first-order chi connectivity index (χ1) is 13.2. The summed E-state index contributed by atoms with van der Waals surface area (Å²) in [5.74, 6) is -0.477. The molecular weight excluding hydrogens is 360 g/mol. The summed E-state index contributed by atoms with van der Waals surface area (Å²) >= 11 is 0. The van der Waals surface area contributed by atoms with Crippen LogP contribution < -0.4 is 0 Å². The first kappa shape index (κ1) is 22.3. The average molecular weight is 392 g/mol. The van der Waals surface area contributed by atoms with Gasteiger partial charge in [0.25, 0.3) is 6.47 Å². The first-order valence-corrected chi connectivity index (χ1v) is 9.87. The molecule has 0 radical (unpaired) electrons. The minimum Gasteiger partial charge on any atom is -0.466 e. The van der Waals surface area contributed by atoms with Crippen molar-refractivity contribution in [3.63, 3.8) is 0 Å². The van der Waals surface area contributed by atoms with Crippen molar-refractivity contribution in [2.75, 3.05) is 13.7 Å². The van der Waals surface area contributed by atoms with E-state index in [0.717, 1.165) is 25.5 Å². The summed E-state index contributed by atoms with van der Waals surface area (Å²) in [5.41, 5.74) is 1.03. The molecule has 0 heterocycles. The van der Waals surface area contributed by atoms with Gasteiger partial charge in [0.05, 0.1) is 13.2 Å². The van der Waals surface area contributed by atoms with Crippen molar-refractivity contribution in [1.82, 2.24) is 0 Å². The number of ether oxygens (including phenoxy) is 2. The molecule has 2 rings (SSSR count). The second-order valence-corrected chi connectivity index (χ2v) is 8.92. The van der Waals surface area contributed by atoms with Gasteiger partial charge in [-0.3, -0.25) is 9.59 Å². The molecule has 28 heavy (non-hydrogen) atoms. The van der Waals surface area contributed by atoms with E-state index in [2.05, 4.69) is 25.5 Å². The SMILES string of the molecule is COC(=O)/C=C(\CC[C@@H]1C(C=O)=C[C@@H](O)[C@@H]2C(C)(C)CCC[C@@]12C)COC=O. The van der Waals surface area contributed by atoms with E-state index in [1.54, 1.807) is 6.08 Å². The monoisotopic (exact) mass is 392 g/mol. The van der Waals surface area contributed by atoms with Crippen molar-refractivity contribution < 1.29 is 29.0 Å². The van der Waals surface area contributed by atoms with Crippen LogP contribution in [-0.4, -0.2) is 43.7 Å². The van der Waals surface area contributed by atoms with Gasteiger partial charge in [-0.05, 0) is 65.6 Å². The maximum Gasteiger partial charge on any atom is 0.330 e. The van der Waals surface area contributed by atoms with Gasteiger partial charge in [0, 0.05) is 6.08 Å². The van der Waals surface area contributed by atoms with Gasteiger partial charge in [0.1, 0.15) is 12.9 Å². The summed E-state index contributed by atoms with van der Waals surface area (Å²) in [5, 5.41) is 10.8. The third-order valence-corrected chi connectivity index (χ3v) is 6.74. The number of carbonyl (C=O) groups is 3. The van der Waals surface area contributed by atoms with E-state index in [-0.39, 0.29) is 29.3 Å². The topological polar surface area (TPSA) is 89.9 Å². The van der Waals surface area contributed by atoms with Crippen molar-refractivity contribution in [3.8, 4) is 0 Å². The molecule has 0 aromatic rings. The lowest BCUT2D eigenvalue weighted by Crippen LogP contribution is -2.54. The molecule has 1 fully saturated rings. The lowest BCUT2D eigenvalue weighted by atomic mass is 9.47. The van der Waals surface area contributed by atoms with Crippen LogP contribution in [0.4, 0.5) is 0 Å². The quantitative estimate of drug-likeness (QED) is 0.388. The Morgan fingerprint density at radius 3 is 2.61 bits per heavy atom. The van der Waals surface area contributed by atoms with Crippen LogP contribution >= 0.6 is 0 Å². The Morgan fingerprint density at radius 1 is 1.29 bits per heavy atom. The Morgan fingerprint density at radius 2 is 2.00 bits per heavy atom. The number of hydrogen-bond donors (Lipinski definition) is 1. The summed E-state index contributed by atoms with van der Waals surface area (Å²) in [6, 6.07) is 0. The molecular formula is C22H32O6. The Bertz CT molecular complexity index is 662. The van der Waals surface area contributed by atoms with E-state index in [0.29, 0.717) is 30.5 Å². The van der Waals surface area contributed by atoms with E-state index >= 15 is 0 Å². The minimum absolute atomic E-state index is 0.0136. The molecule has 0 bridgehead atoms. The first-order valence-electron chi connectivity index (χ1n) is 9.87. The van der Waals surface area contributed by atoms with Crippen LogP contribution in [0.25, 0.3) is 0 Å². The molecule has 2 aliphatic carbocycles. The maximum absolute atomic E-state index is 11.8. The minimum atomic E-state index is -0.639. The van der Waals surface area contributed by atoms with E-state index in [1.807, 2.05) is 0 Å². The number of aldehydes is 1. The molecule has 1 N–H and O–H groups in total. The zero-order valence-corrected chi connectivity index (χ0v) is 17.3. The molecule has 156 valence electrons. The molecule has 0 spiro atoms. The van der Waals surface area contributed by atoms with Gasteiger partial charge in [-0.2, -0.15) is 0 Å². The van der Waals surface area contributed by atoms with Gasteiger partial charge in [0.2, 0.25) is 0 Å². The third-order valence-electron chi connectivity index (χ3n) is 6.74. The normalized spacial score (nSPS) is 32.0. The van der Waals surface area contributed by atoms with Crippen molar-refractivity contribution in [2.45, 2.75) is 59.0 Å². The highest BCUT2D eigenvalue weighted by atomic mass is 16.5. The Balaban J connectivity index is 2.31. The number of hydrogen-bond acceptors (Lipinski definition) is 6. The lowest BCUT2D eigenvalue weighted by Gasteiger charge is -2.58. The van der Waals surface area contributed by atoms with Crippen LogP contribution in [-0.2, 0) is 23.9 Å². The second kappa shape index (κ2) is 9.03. The van der Waals surface area contributed by atoms with Crippen LogP contribution in [0.3, 0.4) is 0 Å². The molecule has 1 saturated carbocycles. The number of esters is 1. The summed E-state index contributed by atoms with van der Waals surface area (Å²) in [7, 11) is 1.29. The van der Waals surface area contributed by atoms with Crippen molar-refractivity contribution in [2.24, 2.45) is 22.7 Å². The molecule has 2 aliphatic rings. The van der Waals surface area contributed by atoms with Gasteiger partial charge < -0.3 is 14.6 Å². The summed E-state index contributed by atoms with van der Waals surface area (Å²) in [6.45, 7) is 6.92. The molecule has 0 aromatic heterocycles. The predicted molar refractivity (Wildman–Crippen MR) is 104 cm³/mol. The Kier molecular flexibility index (Phi) is 7.21. The summed E-state index contributed by atoms with van der Waals surface area (Å²) < 4.78 is 9.52. The molecule has 0 aromatic carbocycles. The molecule has 0 aliphatic heterocycles. The molecule has 4 atom stereocenters. The van der Waals surface area contributed by atoms with Crippen molar-refractivity contribution in [1.29, 1.82) is 0 Å². The van der Waals surface area contributed by atoms with Gasteiger partial charge in [-0.15, -0.1) is 0 Å². The number of aliphatic hydroxyl groups excluding tert-OH is 1. The van der Waals surface area contributed by atoms with Crippen molar-refractivity contribution in [3.05, 3.63) is 23.3 Å². The third kappa shape index (κ3) is 4.54. The van der Waals surface area contributed by atoms with Gasteiger partial charge >= 0.3 is 5.97 Å². The van der Waals surface area contributed by atoms with Gasteiger partial charge in [0.15, 0.2) is 0 Å². The highest BCUT2D eigenvalue weighted by Gasteiger charge is 2.55. The number of carbonyl (C=O) groups excluding carboxylic acids is 3. The van der Waals surface area contributed by atoms with E-state index in [1.165, 1.54) is 13.2 Å². The van der Waals surface area contributed by atoms with Crippen LogP contribution in [0.5, 0.6) is 0 Å². The standard InChI is InChI=1S/C22H32O6/c1-21(2)8-5-9-22(3)17(16(12-23)11-18(25)20(21)22)7-6-15(13-28-14-24)10-19(26)27-4/h10-12,14,17-18,20,25H,5-9,13H2,1-4H3/b15-10+/t17-,18-,20-,22+/m1/s1. The molecule has 6 nitrogen and oxygen atoms in total. The number of aliphatic hydroxyl groups is 1. The fourth-order valence-electron chi connectivity index (χ4n) is 5.66. The number of methoxy groups -OCH3 is 1. The second-order valence-electron chi connectivity index (χ2n) is 8.92. The molecule has 6 heteroatoms. The fraction of sp³-hybridized carbons (Fsp3) is 0.682. The van der Waals surface area contributed by atoms with E-state index < -0.39 is 12.1 Å². The van der Waals surface area contributed by atoms with E-state index in [4.69, 9.17) is 4.74 Å². The van der Waals surface area contributed by atoms with Crippen LogP contribution in [0.15, 0.2) is 23.3 Å². The van der Waals surface area contributed by atoms with E-state index in [9.17, 15) is 19.5 Å². The molecule has 0 amide bonds. The highest BCUT2D eigenvalue weighted by Crippen LogP contribution is 2.60. The molecule has 0 saturated heterocycles. The van der Waals surface area contributed by atoms with Crippen LogP contribution in [0.2, 0.25) is 0 Å². The smallest absolute Gasteiger partial charge is 0.330 e. The highest BCUT2D eigenvalue weighted by molar-refractivity contribution is 5.82.